The smallest absolute Gasteiger partial charge is 0.339 e. The molecule has 0 aliphatic heterocycles. The van der Waals surface area contributed by atoms with Gasteiger partial charge in [-0.05, 0) is 19.1 Å². The van der Waals surface area contributed by atoms with E-state index in [0.717, 1.165) is 20.3 Å². The summed E-state index contributed by atoms with van der Waals surface area (Å²) < 4.78 is 12.8. The highest BCUT2D eigenvalue weighted by Gasteiger charge is 2.23. The minimum atomic E-state index is -0.865. The second kappa shape index (κ2) is 9.26. The summed E-state index contributed by atoms with van der Waals surface area (Å²) >= 11 is 0. The van der Waals surface area contributed by atoms with Crippen LogP contribution in [0.25, 0.3) is 22.8 Å². The van der Waals surface area contributed by atoms with Crippen LogP contribution in [0.3, 0.4) is 0 Å². The third kappa shape index (κ3) is 4.41. The van der Waals surface area contributed by atoms with Crippen molar-refractivity contribution in [1.82, 2.24) is 14.1 Å². The van der Waals surface area contributed by atoms with Gasteiger partial charge in [0.15, 0.2) is 12.4 Å². The molecule has 35 heavy (non-hydrogen) atoms. The molecule has 10 heteroatoms. The van der Waals surface area contributed by atoms with E-state index in [2.05, 4.69) is 4.98 Å². The van der Waals surface area contributed by atoms with Gasteiger partial charge < -0.3 is 14.9 Å². The van der Waals surface area contributed by atoms with Crippen molar-refractivity contribution in [1.29, 1.82) is 0 Å². The average Bonchev–Trinajstić information content (AvgIpc) is 3.35. The highest BCUT2D eigenvalue weighted by Crippen LogP contribution is 2.28. The predicted molar refractivity (Wildman–Crippen MR) is 128 cm³/mol. The minimum Gasteiger partial charge on any atom is -0.454 e. The zero-order valence-electron chi connectivity index (χ0n) is 19.3. The number of nitrogens with two attached hydrogens (primary N) is 1. The normalized spacial score (nSPS) is 10.8. The number of rotatable bonds is 6. The monoisotopic (exact) mass is 474 g/mol. The molecule has 4 rings (SSSR count). The van der Waals surface area contributed by atoms with Crippen LogP contribution in [-0.2, 0) is 18.8 Å². The van der Waals surface area contributed by atoms with Crippen molar-refractivity contribution in [2.75, 3.05) is 12.3 Å². The van der Waals surface area contributed by atoms with Crippen LogP contribution < -0.4 is 17.0 Å². The molecule has 0 unspecified atom stereocenters. The Morgan fingerprint density at radius 1 is 1.03 bits per heavy atom. The maximum absolute atomic E-state index is 12.8. The number of carbonyl (C=O) groups excluding carboxylic acids is 2. The van der Waals surface area contributed by atoms with E-state index in [-0.39, 0.29) is 17.3 Å². The van der Waals surface area contributed by atoms with Gasteiger partial charge in [0, 0.05) is 19.7 Å². The highest BCUT2D eigenvalue weighted by atomic mass is 16.5. The van der Waals surface area contributed by atoms with Gasteiger partial charge in [-0.25, -0.2) is 14.6 Å². The second-order valence-corrected chi connectivity index (χ2v) is 7.91. The van der Waals surface area contributed by atoms with E-state index in [1.165, 1.54) is 20.2 Å². The number of ketones is 1. The minimum absolute atomic E-state index is 0.124. The Kier molecular flexibility index (Phi) is 6.20. The van der Waals surface area contributed by atoms with Gasteiger partial charge in [0.1, 0.15) is 11.4 Å². The first-order chi connectivity index (χ1) is 16.7. The zero-order chi connectivity index (χ0) is 25.3. The fourth-order valence-electron chi connectivity index (χ4n) is 3.50. The molecule has 0 fully saturated rings. The lowest BCUT2D eigenvalue weighted by Gasteiger charge is -2.11. The van der Waals surface area contributed by atoms with E-state index in [1.807, 2.05) is 31.2 Å². The number of aromatic nitrogens is 3. The molecule has 2 N–H and O–H groups in total. The predicted octanol–water partition coefficient (Wildman–Crippen LogP) is 2.34. The lowest BCUT2D eigenvalue weighted by Crippen LogP contribution is -2.42. The van der Waals surface area contributed by atoms with Gasteiger partial charge in [0.25, 0.3) is 5.56 Å². The van der Waals surface area contributed by atoms with Gasteiger partial charge in [0.05, 0.1) is 17.3 Å². The number of benzene rings is 2. The molecule has 0 spiro atoms. The van der Waals surface area contributed by atoms with Gasteiger partial charge in [-0.1, -0.05) is 42.0 Å². The van der Waals surface area contributed by atoms with Gasteiger partial charge in [-0.3, -0.25) is 18.7 Å². The summed E-state index contributed by atoms with van der Waals surface area (Å²) in [6.45, 7) is 1.23. The number of oxazole rings is 1. The molecule has 0 aliphatic carbocycles. The summed E-state index contributed by atoms with van der Waals surface area (Å²) in [7, 11) is 2.56. The maximum atomic E-state index is 12.8. The molecule has 0 saturated carbocycles. The molecule has 2 aromatic heterocycles. The van der Waals surface area contributed by atoms with Crippen LogP contribution in [0, 0.1) is 6.92 Å². The van der Waals surface area contributed by atoms with E-state index >= 15 is 0 Å². The lowest BCUT2D eigenvalue weighted by molar-refractivity contribution is 0.0474. The maximum Gasteiger partial charge on any atom is 0.339 e. The van der Waals surface area contributed by atoms with E-state index in [4.69, 9.17) is 14.9 Å². The van der Waals surface area contributed by atoms with E-state index in [9.17, 15) is 19.2 Å². The third-order valence-electron chi connectivity index (χ3n) is 5.54. The quantitative estimate of drug-likeness (QED) is 0.332. The molecule has 4 aromatic rings. The molecule has 2 heterocycles. The molecule has 0 radical (unpaired) electrons. The molecule has 0 atom stereocenters. The Labute approximate surface area is 199 Å². The largest absolute Gasteiger partial charge is 0.454 e. The Hall–Kier alpha value is -4.73. The van der Waals surface area contributed by atoms with E-state index < -0.39 is 35.2 Å². The molecule has 0 saturated heterocycles. The van der Waals surface area contributed by atoms with Crippen molar-refractivity contribution >= 4 is 17.6 Å². The summed E-state index contributed by atoms with van der Waals surface area (Å²) in [5, 5.41) is 0. The number of anilines is 1. The third-order valence-corrected chi connectivity index (χ3v) is 5.54. The number of aryl methyl sites for hydroxylation is 1. The average molecular weight is 474 g/mol. The second-order valence-electron chi connectivity index (χ2n) is 7.91. The fourth-order valence-corrected chi connectivity index (χ4v) is 3.50. The number of hydrogen-bond donors (Lipinski definition) is 1. The molecule has 10 nitrogen and oxygen atoms in total. The first kappa shape index (κ1) is 23.4. The molecule has 0 aliphatic rings. The Bertz CT molecular complexity index is 1560. The molecule has 2 aromatic carbocycles. The van der Waals surface area contributed by atoms with Crippen LogP contribution in [0.1, 0.15) is 26.3 Å². The van der Waals surface area contributed by atoms with Crippen molar-refractivity contribution in [3.05, 3.63) is 92.3 Å². The number of Topliss-reactive ketones (excluding diaryl/α,β-unsaturated/α-hetero) is 1. The van der Waals surface area contributed by atoms with Crippen LogP contribution in [0.2, 0.25) is 0 Å². The zero-order valence-corrected chi connectivity index (χ0v) is 19.3. The van der Waals surface area contributed by atoms with Gasteiger partial charge in [-0.15, -0.1) is 0 Å². The summed E-state index contributed by atoms with van der Waals surface area (Å²) in [6, 6.07) is 14.2. The van der Waals surface area contributed by atoms with Crippen LogP contribution >= 0.6 is 0 Å². The molecule has 0 bridgehead atoms. The number of hydrogen-bond acceptors (Lipinski definition) is 8. The Balaban J connectivity index is 1.57. The first-order valence-electron chi connectivity index (χ1n) is 10.6. The number of nitrogen functional groups attached to an aromatic ring is 1. The van der Waals surface area contributed by atoms with Crippen molar-refractivity contribution in [3.8, 4) is 22.8 Å². The number of nitrogens with zero attached hydrogens (tertiary/aromatic N) is 3. The standard InChI is InChI=1S/C25H22N4O6/c1-14-8-10-15(11-9-14)19-12-27-22(35-19)16-6-4-5-7-17(16)24(32)34-13-18(30)20-21(26)28(2)25(33)29(3)23(20)31/h4-12H,13,26H2,1-3H3. The summed E-state index contributed by atoms with van der Waals surface area (Å²) in [6.07, 6.45) is 1.56. The summed E-state index contributed by atoms with van der Waals surface area (Å²) in [5.74, 6) is -1.22. The van der Waals surface area contributed by atoms with Crippen molar-refractivity contribution in [2.24, 2.45) is 14.1 Å². The van der Waals surface area contributed by atoms with E-state index in [0.29, 0.717) is 11.3 Å². The summed E-state index contributed by atoms with van der Waals surface area (Å²) in [5.41, 5.74) is 6.27. The van der Waals surface area contributed by atoms with Gasteiger partial charge in [-0.2, -0.15) is 0 Å². The molecule has 178 valence electrons. The fraction of sp³-hybridized carbons (Fsp3) is 0.160. The number of ether oxygens (including phenoxy) is 1. The SMILES string of the molecule is Cc1ccc(-c2cnc(-c3ccccc3C(=O)OCC(=O)c3c(N)n(C)c(=O)n(C)c3=O)o2)cc1. The molecular formula is C25H22N4O6. The van der Waals surface area contributed by atoms with Crippen molar-refractivity contribution in [3.63, 3.8) is 0 Å². The molecule has 0 amide bonds. The number of esters is 1. The first-order valence-corrected chi connectivity index (χ1v) is 10.6. The molecular weight excluding hydrogens is 452 g/mol. The Morgan fingerprint density at radius 3 is 2.43 bits per heavy atom. The topological polar surface area (TPSA) is 139 Å². The van der Waals surface area contributed by atoms with Crippen LogP contribution in [0.5, 0.6) is 0 Å². The van der Waals surface area contributed by atoms with Gasteiger partial charge >= 0.3 is 11.7 Å². The van der Waals surface area contributed by atoms with Crippen LogP contribution in [0.15, 0.2) is 68.7 Å². The van der Waals surface area contributed by atoms with Crippen LogP contribution in [0.4, 0.5) is 5.82 Å². The number of carbonyl (C=O) groups is 2. The Morgan fingerprint density at radius 2 is 1.71 bits per heavy atom. The van der Waals surface area contributed by atoms with E-state index in [1.54, 1.807) is 24.4 Å². The van der Waals surface area contributed by atoms with Gasteiger partial charge in [0.2, 0.25) is 11.7 Å². The highest BCUT2D eigenvalue weighted by molar-refractivity contribution is 6.03. The van der Waals surface area contributed by atoms with Crippen molar-refractivity contribution in [2.45, 2.75) is 6.92 Å². The lowest BCUT2D eigenvalue weighted by atomic mass is 10.1. The summed E-state index contributed by atoms with van der Waals surface area (Å²) in [4.78, 5) is 54.1. The van der Waals surface area contributed by atoms with Crippen LogP contribution in [-0.4, -0.2) is 32.5 Å². The van der Waals surface area contributed by atoms with Crippen molar-refractivity contribution < 1.29 is 18.7 Å².